The summed E-state index contributed by atoms with van der Waals surface area (Å²) >= 11 is 1.53. The molecule has 115 valence electrons. The fourth-order valence-electron chi connectivity index (χ4n) is 2.07. The van der Waals surface area contributed by atoms with E-state index in [1.165, 1.54) is 11.3 Å². The molecule has 3 aromatic heterocycles. The number of thiazole rings is 1. The summed E-state index contributed by atoms with van der Waals surface area (Å²) in [7, 11) is 0. The van der Waals surface area contributed by atoms with E-state index in [4.69, 9.17) is 0 Å². The van der Waals surface area contributed by atoms with Crippen molar-refractivity contribution in [1.29, 1.82) is 0 Å². The number of para-hydroxylation sites is 1. The second-order valence-corrected chi connectivity index (χ2v) is 5.59. The molecule has 0 aliphatic rings. The fraction of sp³-hybridized carbons (Fsp3) is 0. The molecule has 4 rings (SSSR count). The summed E-state index contributed by atoms with van der Waals surface area (Å²) in [5.74, 6) is 0.414. The maximum Gasteiger partial charge on any atom is 0.143 e. The Kier molecular flexibility index (Phi) is 4.71. The van der Waals surface area contributed by atoms with Gasteiger partial charge in [-0.3, -0.25) is 4.98 Å². The van der Waals surface area contributed by atoms with Gasteiger partial charge in [0.05, 0.1) is 0 Å². The van der Waals surface area contributed by atoms with Gasteiger partial charge in [-0.1, -0.05) is 18.2 Å². The van der Waals surface area contributed by atoms with E-state index in [9.17, 15) is 0 Å². The SMILES string of the molecule is [Ir].c1ccc2s/c(=N/c3ncc(-c4ccncc4)cn3)[n-]c2c1. The van der Waals surface area contributed by atoms with E-state index in [-0.39, 0.29) is 20.1 Å². The molecule has 23 heavy (non-hydrogen) atoms. The molecule has 0 bridgehead atoms. The van der Waals surface area contributed by atoms with E-state index in [2.05, 4.69) is 24.9 Å². The predicted molar refractivity (Wildman–Crippen MR) is 85.6 cm³/mol. The summed E-state index contributed by atoms with van der Waals surface area (Å²) in [5.41, 5.74) is 2.91. The Hall–Kier alpha value is -2.21. The Morgan fingerprint density at radius 3 is 2.39 bits per heavy atom. The number of hydrogen-bond donors (Lipinski definition) is 0. The van der Waals surface area contributed by atoms with Crippen molar-refractivity contribution in [3.63, 3.8) is 0 Å². The van der Waals surface area contributed by atoms with E-state index >= 15 is 0 Å². The Morgan fingerprint density at radius 2 is 1.65 bits per heavy atom. The number of rotatable bonds is 2. The first-order valence-corrected chi connectivity index (χ1v) is 7.50. The average Bonchev–Trinajstić information content (AvgIpc) is 2.98. The number of aromatic nitrogens is 4. The zero-order valence-corrected chi connectivity index (χ0v) is 15.0. The second kappa shape index (κ2) is 6.91. The van der Waals surface area contributed by atoms with Gasteiger partial charge in [-0.25, -0.2) is 9.97 Å². The van der Waals surface area contributed by atoms with Gasteiger partial charge in [0.1, 0.15) is 5.95 Å². The number of nitrogens with zero attached hydrogens (tertiary/aromatic N) is 5. The molecule has 4 aromatic rings. The van der Waals surface area contributed by atoms with Gasteiger partial charge in [0.25, 0.3) is 0 Å². The number of benzene rings is 1. The first kappa shape index (κ1) is 15.7. The van der Waals surface area contributed by atoms with Crippen LogP contribution in [0.15, 0.2) is 66.2 Å². The van der Waals surface area contributed by atoms with Crippen LogP contribution in [0.5, 0.6) is 0 Å². The average molecular weight is 497 g/mol. The second-order valence-electron chi connectivity index (χ2n) is 4.58. The third-order valence-corrected chi connectivity index (χ3v) is 4.06. The predicted octanol–water partition coefficient (Wildman–Crippen LogP) is 2.94. The van der Waals surface area contributed by atoms with Gasteiger partial charge in [0, 0.05) is 60.0 Å². The van der Waals surface area contributed by atoms with Crippen LogP contribution in [0, 0.1) is 0 Å². The minimum atomic E-state index is 0. The molecule has 5 nitrogen and oxygen atoms in total. The van der Waals surface area contributed by atoms with Crippen molar-refractivity contribution >= 4 is 27.5 Å². The van der Waals surface area contributed by atoms with Crippen molar-refractivity contribution in [3.8, 4) is 11.1 Å². The van der Waals surface area contributed by atoms with Crippen LogP contribution < -0.4 is 9.79 Å². The zero-order valence-electron chi connectivity index (χ0n) is 11.8. The molecule has 0 saturated heterocycles. The first-order valence-electron chi connectivity index (χ1n) is 6.68. The Bertz CT molecular complexity index is 940. The summed E-state index contributed by atoms with van der Waals surface area (Å²) < 4.78 is 1.11. The van der Waals surface area contributed by atoms with Gasteiger partial charge in [0.2, 0.25) is 0 Å². The van der Waals surface area contributed by atoms with Crippen molar-refractivity contribution in [2.75, 3.05) is 0 Å². The molecule has 0 spiro atoms. The van der Waals surface area contributed by atoms with Crippen LogP contribution in [-0.4, -0.2) is 15.0 Å². The normalized spacial score (nSPS) is 11.4. The van der Waals surface area contributed by atoms with Crippen molar-refractivity contribution in [2.45, 2.75) is 0 Å². The monoisotopic (exact) mass is 497 g/mol. The molecule has 1 aromatic carbocycles. The molecule has 0 unspecified atom stereocenters. The van der Waals surface area contributed by atoms with Crippen LogP contribution in [0.3, 0.4) is 0 Å². The van der Waals surface area contributed by atoms with Gasteiger partial charge in [0.15, 0.2) is 0 Å². The minimum Gasteiger partial charge on any atom is -0.426 e. The van der Waals surface area contributed by atoms with E-state index in [0.717, 1.165) is 21.3 Å². The molecule has 3 heterocycles. The number of fused-ring (bicyclic) bond motifs is 1. The van der Waals surface area contributed by atoms with Crippen molar-refractivity contribution in [1.82, 2.24) is 19.9 Å². The summed E-state index contributed by atoms with van der Waals surface area (Å²) in [5, 5.41) is 0. The standard InChI is InChI=1S/C16H10N5S.Ir/c1-2-4-14-13(3-1)20-16(22-14)21-15-18-9-12(10-19-15)11-5-7-17-8-6-11;/h1-10H;/q-1;. The Balaban J connectivity index is 0.00000156. The maximum absolute atomic E-state index is 4.45. The largest absolute Gasteiger partial charge is 0.426 e. The van der Waals surface area contributed by atoms with Gasteiger partial charge < -0.3 is 9.98 Å². The topological polar surface area (TPSA) is 65.1 Å². The van der Waals surface area contributed by atoms with E-state index < -0.39 is 0 Å². The van der Waals surface area contributed by atoms with E-state index in [1.807, 2.05) is 36.4 Å². The summed E-state index contributed by atoms with van der Waals surface area (Å²) in [6.07, 6.45) is 7.01. The summed E-state index contributed by atoms with van der Waals surface area (Å²) in [4.78, 5) is 22.1. The third kappa shape index (κ3) is 3.42. The van der Waals surface area contributed by atoms with Gasteiger partial charge >= 0.3 is 0 Å². The van der Waals surface area contributed by atoms with E-state index in [1.54, 1.807) is 24.8 Å². The number of pyridine rings is 1. The third-order valence-electron chi connectivity index (χ3n) is 3.13. The molecule has 0 N–H and O–H groups in total. The quantitative estimate of drug-likeness (QED) is 0.428. The van der Waals surface area contributed by atoms with Crippen LogP contribution in [0.25, 0.3) is 21.3 Å². The molecule has 0 atom stereocenters. The van der Waals surface area contributed by atoms with E-state index in [0.29, 0.717) is 10.7 Å². The summed E-state index contributed by atoms with van der Waals surface area (Å²) in [6, 6.07) is 11.8. The minimum absolute atomic E-state index is 0. The van der Waals surface area contributed by atoms with Gasteiger partial charge in [-0.15, -0.1) is 11.3 Å². The molecular weight excluding hydrogens is 486 g/mol. The smallest absolute Gasteiger partial charge is 0.143 e. The molecule has 7 heteroatoms. The summed E-state index contributed by atoms with van der Waals surface area (Å²) in [6.45, 7) is 0. The van der Waals surface area contributed by atoms with Crippen LogP contribution >= 0.6 is 11.3 Å². The fourth-order valence-corrected chi connectivity index (χ4v) is 2.90. The number of hydrogen-bond acceptors (Lipinski definition) is 5. The van der Waals surface area contributed by atoms with Crippen molar-refractivity contribution in [2.24, 2.45) is 4.99 Å². The zero-order chi connectivity index (χ0) is 14.8. The molecule has 0 aliphatic carbocycles. The maximum atomic E-state index is 4.45. The Morgan fingerprint density at radius 1 is 0.913 bits per heavy atom. The Labute approximate surface area is 149 Å². The molecule has 0 saturated carbocycles. The molecule has 1 radical (unpaired) electrons. The van der Waals surface area contributed by atoms with Crippen molar-refractivity contribution in [3.05, 3.63) is 66.0 Å². The van der Waals surface area contributed by atoms with Crippen LogP contribution in [-0.2, 0) is 20.1 Å². The van der Waals surface area contributed by atoms with Crippen LogP contribution in [0.4, 0.5) is 5.95 Å². The molecule has 0 aliphatic heterocycles. The molecule has 0 amide bonds. The van der Waals surface area contributed by atoms with Gasteiger partial charge in [-0.2, -0.15) is 0 Å². The molecule has 0 fully saturated rings. The van der Waals surface area contributed by atoms with Gasteiger partial charge in [-0.05, 0) is 29.3 Å². The van der Waals surface area contributed by atoms with Crippen molar-refractivity contribution < 1.29 is 20.1 Å². The molecular formula is C16H10IrN5S-. The van der Waals surface area contributed by atoms with Crippen LogP contribution in [0.2, 0.25) is 0 Å². The van der Waals surface area contributed by atoms with Crippen LogP contribution in [0.1, 0.15) is 0 Å². The first-order chi connectivity index (χ1) is 10.9.